The fourth-order valence-corrected chi connectivity index (χ4v) is 2.76. The summed E-state index contributed by atoms with van der Waals surface area (Å²) in [6, 6.07) is 6.40. The molecule has 0 aliphatic heterocycles. The van der Waals surface area contributed by atoms with Gasteiger partial charge in [0.25, 0.3) is 11.5 Å². The Morgan fingerprint density at radius 1 is 1.00 bits per heavy atom. The average Bonchev–Trinajstić information content (AvgIpc) is 2.68. The molecule has 1 amide bonds. The van der Waals surface area contributed by atoms with Gasteiger partial charge in [-0.1, -0.05) is 0 Å². The van der Waals surface area contributed by atoms with E-state index in [1.165, 1.54) is 34.5 Å². The molecule has 1 N–H and O–H groups in total. The molecule has 0 saturated heterocycles. The summed E-state index contributed by atoms with van der Waals surface area (Å²) < 4.78 is 22.5. The Balaban J connectivity index is 2.14. The largest absolute Gasteiger partial charge is 0.496 e. The molecule has 0 radical (unpaired) electrons. The van der Waals surface area contributed by atoms with Gasteiger partial charge in [0.1, 0.15) is 5.75 Å². The molecule has 0 fully saturated rings. The maximum Gasteiger partial charge on any atom is 0.255 e. The second-order valence-corrected chi connectivity index (χ2v) is 5.66. The first-order valence-electron chi connectivity index (χ1n) is 8.29. The van der Waals surface area contributed by atoms with E-state index in [4.69, 9.17) is 18.9 Å². The van der Waals surface area contributed by atoms with E-state index in [1.807, 2.05) is 6.92 Å². The summed E-state index contributed by atoms with van der Waals surface area (Å²) in [5, 5.41) is 2.79. The molecule has 0 saturated carbocycles. The summed E-state index contributed by atoms with van der Waals surface area (Å²) in [7, 11) is 5.94. The molecule has 0 unspecified atom stereocenters. The number of methoxy groups -OCH3 is 4. The lowest BCUT2D eigenvalue weighted by atomic mass is 10.1. The number of hydrogen-bond acceptors (Lipinski definition) is 6. The highest BCUT2D eigenvalue weighted by Gasteiger charge is 2.20. The summed E-state index contributed by atoms with van der Waals surface area (Å²) in [6.45, 7) is 2.41. The van der Waals surface area contributed by atoms with Crippen LogP contribution in [0.2, 0.25) is 0 Å². The van der Waals surface area contributed by atoms with Crippen LogP contribution in [0.25, 0.3) is 0 Å². The second-order valence-electron chi connectivity index (χ2n) is 5.66. The van der Waals surface area contributed by atoms with Gasteiger partial charge in [-0.15, -0.1) is 0 Å². The van der Waals surface area contributed by atoms with Crippen molar-refractivity contribution in [3.63, 3.8) is 0 Å². The molecule has 1 aromatic carbocycles. The Morgan fingerprint density at radius 2 is 1.70 bits per heavy atom. The molecule has 146 valence electrons. The van der Waals surface area contributed by atoms with Gasteiger partial charge in [-0.3, -0.25) is 9.59 Å². The van der Waals surface area contributed by atoms with Gasteiger partial charge in [0.15, 0.2) is 11.5 Å². The SMILES string of the molecule is COc1cc(C)n(CCNC(=O)c2ccc(OC)c(OC)c2OC)c(=O)c1. The van der Waals surface area contributed by atoms with Crippen LogP contribution in [0, 0.1) is 6.92 Å². The highest BCUT2D eigenvalue weighted by molar-refractivity contribution is 5.98. The van der Waals surface area contributed by atoms with Gasteiger partial charge in [0, 0.05) is 24.8 Å². The highest BCUT2D eigenvalue weighted by atomic mass is 16.5. The summed E-state index contributed by atoms with van der Waals surface area (Å²) in [5.41, 5.74) is 0.871. The van der Waals surface area contributed by atoms with Crippen LogP contribution < -0.4 is 29.8 Å². The molecule has 0 atom stereocenters. The second kappa shape index (κ2) is 8.98. The maximum atomic E-state index is 12.6. The van der Waals surface area contributed by atoms with E-state index in [1.54, 1.807) is 22.8 Å². The Hall–Kier alpha value is -3.16. The molecular formula is C19H24N2O6. The molecule has 1 heterocycles. The maximum absolute atomic E-state index is 12.6. The third kappa shape index (κ3) is 4.33. The Kier molecular flexibility index (Phi) is 6.70. The van der Waals surface area contributed by atoms with Crippen molar-refractivity contribution in [3.05, 3.63) is 45.9 Å². The number of carbonyl (C=O) groups is 1. The van der Waals surface area contributed by atoms with Gasteiger partial charge in [0.05, 0.1) is 34.0 Å². The van der Waals surface area contributed by atoms with Gasteiger partial charge in [-0.05, 0) is 25.1 Å². The van der Waals surface area contributed by atoms with Crippen LogP contribution in [0.15, 0.2) is 29.1 Å². The van der Waals surface area contributed by atoms with Gasteiger partial charge in [0.2, 0.25) is 5.75 Å². The zero-order chi connectivity index (χ0) is 20.0. The number of benzene rings is 1. The molecule has 8 heteroatoms. The number of carbonyl (C=O) groups excluding carboxylic acids is 1. The first-order chi connectivity index (χ1) is 13.0. The normalized spacial score (nSPS) is 10.3. The summed E-state index contributed by atoms with van der Waals surface area (Å²) >= 11 is 0. The minimum atomic E-state index is -0.341. The van der Waals surface area contributed by atoms with Crippen LogP contribution >= 0.6 is 0 Å². The number of pyridine rings is 1. The Morgan fingerprint density at radius 3 is 2.26 bits per heavy atom. The standard InChI is InChI=1S/C19H24N2O6/c1-12-10-13(24-2)11-16(22)21(12)9-8-20-19(23)14-6-7-15(25-3)18(27-5)17(14)26-4/h6-7,10-11H,8-9H2,1-5H3,(H,20,23). The van der Waals surface area contributed by atoms with Crippen LogP contribution in [0.3, 0.4) is 0 Å². The molecule has 0 aliphatic rings. The van der Waals surface area contributed by atoms with Crippen molar-refractivity contribution in [1.82, 2.24) is 9.88 Å². The quantitative estimate of drug-likeness (QED) is 0.753. The number of ether oxygens (including phenoxy) is 4. The molecule has 0 bridgehead atoms. The summed E-state index contributed by atoms with van der Waals surface area (Å²) in [5.74, 6) is 1.26. The third-order valence-corrected chi connectivity index (χ3v) is 4.11. The molecule has 2 aromatic rings. The number of rotatable bonds is 8. The highest BCUT2D eigenvalue weighted by Crippen LogP contribution is 2.39. The lowest BCUT2D eigenvalue weighted by Gasteiger charge is -2.16. The third-order valence-electron chi connectivity index (χ3n) is 4.11. The van der Waals surface area contributed by atoms with Crippen LogP contribution in [0.5, 0.6) is 23.0 Å². The lowest BCUT2D eigenvalue weighted by molar-refractivity contribution is 0.0948. The first-order valence-corrected chi connectivity index (χ1v) is 8.29. The minimum Gasteiger partial charge on any atom is -0.496 e. The number of aryl methyl sites for hydroxylation is 1. The van der Waals surface area contributed by atoms with Crippen LogP contribution in [-0.4, -0.2) is 45.5 Å². The number of amides is 1. The van der Waals surface area contributed by atoms with Crippen molar-refractivity contribution in [2.75, 3.05) is 35.0 Å². The molecule has 2 rings (SSSR count). The van der Waals surface area contributed by atoms with E-state index in [0.717, 1.165) is 5.69 Å². The predicted molar refractivity (Wildman–Crippen MR) is 100 cm³/mol. The molecule has 0 spiro atoms. The van der Waals surface area contributed by atoms with Gasteiger partial charge < -0.3 is 28.8 Å². The van der Waals surface area contributed by atoms with Crippen molar-refractivity contribution in [1.29, 1.82) is 0 Å². The molecule has 0 aliphatic carbocycles. The van der Waals surface area contributed by atoms with Crippen molar-refractivity contribution < 1.29 is 23.7 Å². The number of aromatic nitrogens is 1. The average molecular weight is 376 g/mol. The molecule has 27 heavy (non-hydrogen) atoms. The van der Waals surface area contributed by atoms with Crippen LogP contribution in [-0.2, 0) is 6.54 Å². The Labute approximate surface area is 157 Å². The smallest absolute Gasteiger partial charge is 0.255 e. The first kappa shape index (κ1) is 20.2. The van der Waals surface area contributed by atoms with Gasteiger partial charge in [-0.25, -0.2) is 0 Å². The summed E-state index contributed by atoms with van der Waals surface area (Å²) in [6.07, 6.45) is 0. The Bertz CT molecular complexity index is 875. The topological polar surface area (TPSA) is 88.0 Å². The van der Waals surface area contributed by atoms with Crippen molar-refractivity contribution >= 4 is 5.91 Å². The van der Waals surface area contributed by atoms with Crippen molar-refractivity contribution in [2.45, 2.75) is 13.5 Å². The predicted octanol–water partition coefficient (Wildman–Crippen LogP) is 1.62. The summed E-state index contributed by atoms with van der Waals surface area (Å²) in [4.78, 5) is 24.7. The van der Waals surface area contributed by atoms with Crippen LogP contribution in [0.4, 0.5) is 0 Å². The number of hydrogen-bond donors (Lipinski definition) is 1. The van der Waals surface area contributed by atoms with Crippen LogP contribution in [0.1, 0.15) is 16.1 Å². The lowest BCUT2D eigenvalue weighted by Crippen LogP contribution is -2.31. The zero-order valence-electron chi connectivity index (χ0n) is 16.1. The van der Waals surface area contributed by atoms with Crippen molar-refractivity contribution in [3.8, 4) is 23.0 Å². The monoisotopic (exact) mass is 376 g/mol. The molecule has 1 aromatic heterocycles. The van der Waals surface area contributed by atoms with E-state index in [2.05, 4.69) is 5.32 Å². The van der Waals surface area contributed by atoms with E-state index in [0.29, 0.717) is 29.4 Å². The van der Waals surface area contributed by atoms with E-state index in [-0.39, 0.29) is 23.8 Å². The van der Waals surface area contributed by atoms with Crippen molar-refractivity contribution in [2.24, 2.45) is 0 Å². The molecular weight excluding hydrogens is 352 g/mol. The van der Waals surface area contributed by atoms with E-state index >= 15 is 0 Å². The minimum absolute atomic E-state index is 0.190. The van der Waals surface area contributed by atoms with E-state index in [9.17, 15) is 9.59 Å². The number of nitrogens with one attached hydrogen (secondary N) is 1. The van der Waals surface area contributed by atoms with Gasteiger partial charge >= 0.3 is 0 Å². The zero-order valence-corrected chi connectivity index (χ0v) is 16.1. The van der Waals surface area contributed by atoms with Gasteiger partial charge in [-0.2, -0.15) is 0 Å². The van der Waals surface area contributed by atoms with E-state index < -0.39 is 0 Å². The number of nitrogens with zero attached hydrogens (tertiary/aromatic N) is 1. The fraction of sp³-hybridized carbons (Fsp3) is 0.368. The molecule has 8 nitrogen and oxygen atoms in total. The fourth-order valence-electron chi connectivity index (χ4n) is 2.76.